The van der Waals surface area contributed by atoms with E-state index < -0.39 is 108 Å². The molecule has 1 N–H and O–H groups in total. The number of phenolic OH excluding ortho intramolecular Hbond substituents is 1. The largest absolute Gasteiger partial charge is 0.507 e. The number of aromatic nitrogens is 3. The highest BCUT2D eigenvalue weighted by Gasteiger charge is 2.27. The highest BCUT2D eigenvalue weighted by molar-refractivity contribution is 5.97. The van der Waals surface area contributed by atoms with Crippen LogP contribution in [0.5, 0.6) is 5.75 Å². The van der Waals surface area contributed by atoms with Crippen molar-refractivity contribution in [2.45, 2.75) is 138 Å². The zero-order chi connectivity index (χ0) is 64.7. The van der Waals surface area contributed by atoms with Gasteiger partial charge in [-0.25, -0.2) is 4.98 Å². The van der Waals surface area contributed by atoms with Crippen LogP contribution in [0.1, 0.15) is 181 Å². The number of phenols is 1. The number of fused-ring (bicyclic) bond motifs is 1. The van der Waals surface area contributed by atoms with Crippen molar-refractivity contribution in [3.8, 4) is 67.5 Å². The Hall–Kier alpha value is -6.26. The molecule has 8 aromatic rings. The van der Waals surface area contributed by atoms with Gasteiger partial charge < -0.3 is 5.11 Å². The summed E-state index contributed by atoms with van der Waals surface area (Å²) >= 11 is 0. The summed E-state index contributed by atoms with van der Waals surface area (Å²) in [4.78, 5) is 9.81. The summed E-state index contributed by atoms with van der Waals surface area (Å²) in [5.74, 6) is -3.68. The van der Waals surface area contributed by atoms with Crippen LogP contribution in [0, 0.1) is 0 Å². The maximum absolute atomic E-state index is 12.5. The summed E-state index contributed by atoms with van der Waals surface area (Å²) in [7, 11) is 0. The molecule has 344 valence electrons. The number of imidazole rings is 1. The van der Waals surface area contributed by atoms with E-state index in [2.05, 4.69) is 37.9 Å². The number of rotatable bonds is 9. The number of pyridine rings is 1. The van der Waals surface area contributed by atoms with E-state index >= 15 is 0 Å². The predicted molar refractivity (Wildman–Crippen MR) is 286 cm³/mol. The summed E-state index contributed by atoms with van der Waals surface area (Å²) in [6.07, 6.45) is -0.766. The first-order chi connectivity index (χ1) is 39.1. The summed E-state index contributed by atoms with van der Waals surface area (Å²) in [6, 6.07) is 21.8. The molecule has 67 heavy (non-hydrogen) atoms. The van der Waals surface area contributed by atoms with Gasteiger partial charge in [0.25, 0.3) is 0 Å². The Balaban J connectivity index is 1.47. The third-order valence-electron chi connectivity index (χ3n) is 12.2. The monoisotopic (exact) mass is 905 g/mol. The molecule has 4 heteroatoms. The van der Waals surface area contributed by atoms with Gasteiger partial charge in [0.1, 0.15) is 11.6 Å². The molecule has 0 amide bonds. The molecule has 6 aromatic carbocycles. The van der Waals surface area contributed by atoms with Crippen molar-refractivity contribution in [3.05, 3.63) is 167 Å². The maximum Gasteiger partial charge on any atom is 0.149 e. The molecule has 8 rings (SSSR count). The standard InChI is InChI=1S/C63H71N3O/c1-38(2)43-34-53(40(5)6)59(67)54(35-43)60-65-58-49(20-18-22-57(58)66(60)48-27-28-50(52(37-48)39(3)4)51-19-16-17-21-55(51)63(13,14)15)44-31-45(33-47(32-44)62(10,11)12)56-36-42(29-30-64-56)41-23-25-46(26-24-41)61(7,8)9/h16-40,67H,1-15H3/i7D3,8D3,9D3,23D,24D,25D,26D,29D,30D,36D,38D,39D,40D. The number of benzene rings is 6. The van der Waals surface area contributed by atoms with Crippen LogP contribution in [-0.4, -0.2) is 19.6 Å². The van der Waals surface area contributed by atoms with Gasteiger partial charge in [0, 0.05) is 39.4 Å². The Morgan fingerprint density at radius 3 is 1.93 bits per heavy atom. The molecule has 0 saturated heterocycles. The first-order valence-electron chi connectivity index (χ1n) is 32.0. The molecule has 2 heterocycles. The minimum absolute atomic E-state index is 0.195. The second kappa shape index (κ2) is 17.8. The van der Waals surface area contributed by atoms with E-state index in [0.29, 0.717) is 44.5 Å². The topological polar surface area (TPSA) is 50.9 Å². The van der Waals surface area contributed by atoms with Gasteiger partial charge in [-0.05, 0) is 144 Å². The van der Waals surface area contributed by atoms with E-state index in [-0.39, 0.29) is 39.4 Å². The molecule has 0 radical (unpaired) electrons. The molecule has 0 aliphatic rings. The molecule has 0 fully saturated rings. The Kier molecular flexibility index (Phi) is 7.64. The molecule has 0 atom stereocenters. The highest BCUT2D eigenvalue weighted by atomic mass is 16.3. The van der Waals surface area contributed by atoms with Crippen LogP contribution in [-0.2, 0) is 16.2 Å². The average Bonchev–Trinajstić information content (AvgIpc) is 0.774. The zero-order valence-electron chi connectivity index (χ0n) is 59.4. The normalized spacial score (nSPS) is 17.7. The minimum atomic E-state index is -3.95. The van der Waals surface area contributed by atoms with E-state index in [0.717, 1.165) is 16.7 Å². The van der Waals surface area contributed by atoms with Gasteiger partial charge in [-0.2, -0.15) is 0 Å². The fourth-order valence-corrected chi connectivity index (χ4v) is 8.50. The van der Waals surface area contributed by atoms with E-state index in [9.17, 15) is 13.3 Å². The summed E-state index contributed by atoms with van der Waals surface area (Å²) < 4.78 is 169. The van der Waals surface area contributed by atoms with Crippen molar-refractivity contribution in [3.63, 3.8) is 0 Å². The van der Waals surface area contributed by atoms with E-state index in [1.807, 2.05) is 93.8 Å². The lowest BCUT2D eigenvalue weighted by atomic mass is 9.80. The number of nitrogens with zero attached hydrogens (tertiary/aromatic N) is 3. The SMILES string of the molecule is [2H]c1nc(-c2cc(-c3cccc4c3nc(-c3cc(C([2H])(C)C)cc(C([2H])(C)C)c3O)n4-c3ccc(-c4ccccc4C(C)(C)C)c(C([2H])(C)C)c3)cc(C(C)(C)C)c2)c([2H])c(-c2c([2H])c([2H])c(C(C([2H])([2H])[2H])(C([2H])([2H])[2H])C([2H])([2H])[2H])c([2H])c2[2H])c1[2H]. The second-order valence-corrected chi connectivity index (χ2v) is 20.1. The van der Waals surface area contributed by atoms with Crippen molar-refractivity contribution >= 4 is 11.0 Å². The molecular weight excluding hydrogens is 815 g/mol. The molecule has 0 unspecified atom stereocenters. The first kappa shape index (κ1) is 28.8. The van der Waals surface area contributed by atoms with Crippen molar-refractivity contribution in [1.29, 1.82) is 0 Å². The van der Waals surface area contributed by atoms with Crippen LogP contribution in [0.15, 0.2) is 133 Å². The second-order valence-electron chi connectivity index (χ2n) is 20.1. The molecular formula is C63H71N3O. The smallest absolute Gasteiger partial charge is 0.149 e. The van der Waals surface area contributed by atoms with Crippen LogP contribution in [0.4, 0.5) is 0 Å². The van der Waals surface area contributed by atoms with Gasteiger partial charge in [0.05, 0.1) is 31.9 Å². The van der Waals surface area contributed by atoms with Crippen molar-refractivity contribution in [1.82, 2.24) is 14.5 Å². The van der Waals surface area contributed by atoms with Gasteiger partial charge in [0.2, 0.25) is 0 Å². The fraction of sp³-hybridized carbons (Fsp3) is 0.333. The lowest BCUT2D eigenvalue weighted by Crippen LogP contribution is -2.13. The molecule has 0 bridgehead atoms. The zero-order valence-corrected chi connectivity index (χ0v) is 40.4. The van der Waals surface area contributed by atoms with Crippen molar-refractivity contribution in [2.24, 2.45) is 0 Å². The quantitative estimate of drug-likeness (QED) is 0.157. The van der Waals surface area contributed by atoms with Crippen LogP contribution >= 0.6 is 0 Å². The van der Waals surface area contributed by atoms with Crippen molar-refractivity contribution < 1.29 is 31.2 Å². The molecule has 2 aromatic heterocycles. The van der Waals surface area contributed by atoms with Gasteiger partial charge in [0.15, 0.2) is 0 Å². The molecule has 0 aliphatic heterocycles. The fourth-order valence-electron chi connectivity index (χ4n) is 8.50. The van der Waals surface area contributed by atoms with Gasteiger partial charge >= 0.3 is 0 Å². The third kappa shape index (κ3) is 9.38. The number of aromatic hydroxyl groups is 1. The molecule has 0 spiro atoms. The Bertz CT molecular complexity index is 3960. The average molecular weight is 905 g/mol. The van der Waals surface area contributed by atoms with Crippen LogP contribution < -0.4 is 0 Å². The lowest BCUT2D eigenvalue weighted by Gasteiger charge is -2.25. The van der Waals surface area contributed by atoms with E-state index in [4.69, 9.17) is 22.8 Å². The summed E-state index contributed by atoms with van der Waals surface area (Å²) in [5.41, 5.74) is 0.0908. The number of para-hydroxylation sites is 1. The van der Waals surface area contributed by atoms with Crippen LogP contribution in [0.3, 0.4) is 0 Å². The molecule has 0 saturated carbocycles. The predicted octanol–water partition coefficient (Wildman–Crippen LogP) is 17.7. The number of hydrogen-bond donors (Lipinski definition) is 1. The number of hydrogen-bond acceptors (Lipinski definition) is 3. The van der Waals surface area contributed by atoms with E-state index in [1.54, 1.807) is 52.0 Å². The van der Waals surface area contributed by atoms with E-state index in [1.165, 1.54) is 0 Å². The van der Waals surface area contributed by atoms with Crippen LogP contribution in [0.25, 0.3) is 72.7 Å². The van der Waals surface area contributed by atoms with Gasteiger partial charge in [-0.1, -0.05) is 182 Å². The maximum atomic E-state index is 12.5. The highest BCUT2D eigenvalue weighted by Crippen LogP contribution is 2.45. The Labute approximate surface area is 427 Å². The van der Waals surface area contributed by atoms with Crippen molar-refractivity contribution in [2.75, 3.05) is 0 Å². The molecule has 4 nitrogen and oxygen atoms in total. The summed E-state index contributed by atoms with van der Waals surface area (Å²) in [6.45, 7) is 10.8. The van der Waals surface area contributed by atoms with Gasteiger partial charge in [-0.3, -0.25) is 9.55 Å². The summed E-state index contributed by atoms with van der Waals surface area (Å²) in [5, 5.41) is 12.5. The Morgan fingerprint density at radius 2 is 1.27 bits per heavy atom. The first-order valence-corrected chi connectivity index (χ1v) is 22.5. The Morgan fingerprint density at radius 1 is 0.582 bits per heavy atom. The lowest BCUT2D eigenvalue weighted by molar-refractivity contribution is 0.466. The van der Waals surface area contributed by atoms with Crippen LogP contribution in [0.2, 0.25) is 0 Å². The molecule has 0 aliphatic carbocycles. The van der Waals surface area contributed by atoms with Gasteiger partial charge in [-0.15, -0.1) is 0 Å². The minimum Gasteiger partial charge on any atom is -0.507 e. The third-order valence-corrected chi connectivity index (χ3v) is 12.2.